The average molecular weight is 545 g/mol. The number of fused-ring (bicyclic) bond motifs is 7. The van der Waals surface area contributed by atoms with Crippen molar-refractivity contribution in [3.63, 3.8) is 0 Å². The molecule has 0 fully saturated rings. The van der Waals surface area contributed by atoms with Crippen molar-refractivity contribution in [2.45, 2.75) is 26.2 Å². The van der Waals surface area contributed by atoms with Crippen molar-refractivity contribution in [2.75, 3.05) is 6.79 Å². The summed E-state index contributed by atoms with van der Waals surface area (Å²) in [6.07, 6.45) is 2.26. The number of hydrogen-bond acceptors (Lipinski definition) is 8. The molecule has 5 heterocycles. The van der Waals surface area contributed by atoms with Crippen molar-refractivity contribution < 1.29 is 18.6 Å². The van der Waals surface area contributed by atoms with E-state index in [1.807, 2.05) is 67.6 Å². The molecule has 2 aliphatic heterocycles. The van der Waals surface area contributed by atoms with Crippen molar-refractivity contribution in [1.82, 2.24) is 19.6 Å². The van der Waals surface area contributed by atoms with E-state index in [0.717, 1.165) is 33.6 Å². The Labute approximate surface area is 234 Å². The van der Waals surface area contributed by atoms with Crippen LogP contribution in [0.25, 0.3) is 28.0 Å². The van der Waals surface area contributed by atoms with Crippen LogP contribution in [0.2, 0.25) is 0 Å². The lowest BCUT2D eigenvalue weighted by Crippen LogP contribution is -2.26. The van der Waals surface area contributed by atoms with Gasteiger partial charge in [-0.1, -0.05) is 49.4 Å². The van der Waals surface area contributed by atoms with Gasteiger partial charge in [-0.25, -0.2) is 19.3 Å². The molecular weight excluding hydrogens is 520 g/mol. The highest BCUT2D eigenvalue weighted by Crippen LogP contribution is 2.50. The van der Waals surface area contributed by atoms with Crippen LogP contribution in [0.15, 0.2) is 82.3 Å². The normalized spacial score (nSPS) is 15.9. The zero-order chi connectivity index (χ0) is 27.7. The van der Waals surface area contributed by atoms with Gasteiger partial charge in [-0.2, -0.15) is 0 Å². The van der Waals surface area contributed by atoms with E-state index >= 15 is 0 Å². The minimum absolute atomic E-state index is 0.0764. The summed E-state index contributed by atoms with van der Waals surface area (Å²) >= 11 is 0. The van der Waals surface area contributed by atoms with Gasteiger partial charge in [-0.3, -0.25) is 0 Å². The molecule has 8 rings (SSSR count). The molecule has 3 aromatic carbocycles. The molecule has 0 amide bonds. The van der Waals surface area contributed by atoms with Crippen LogP contribution in [0.4, 0.5) is 0 Å². The Hall–Kier alpha value is -5.18. The number of aromatic nitrogens is 4. The predicted molar refractivity (Wildman–Crippen MR) is 151 cm³/mol. The molecule has 0 radical (unpaired) electrons. The summed E-state index contributed by atoms with van der Waals surface area (Å²) in [5.41, 5.74) is 4.84. The van der Waals surface area contributed by atoms with Gasteiger partial charge in [0.2, 0.25) is 12.7 Å². The van der Waals surface area contributed by atoms with E-state index in [1.165, 1.54) is 0 Å². The van der Waals surface area contributed by atoms with E-state index in [9.17, 15) is 4.79 Å². The molecule has 9 nitrogen and oxygen atoms in total. The van der Waals surface area contributed by atoms with Gasteiger partial charge in [0.05, 0.1) is 16.5 Å². The number of aryl methyl sites for hydroxylation is 1. The summed E-state index contributed by atoms with van der Waals surface area (Å²) in [5, 5.41) is 5.47. The summed E-state index contributed by atoms with van der Waals surface area (Å²) in [6.45, 7) is 4.36. The third-order valence-corrected chi connectivity index (χ3v) is 7.96. The molecule has 9 heteroatoms. The smallest absolute Gasteiger partial charge is 0.343 e. The summed E-state index contributed by atoms with van der Waals surface area (Å²) in [7, 11) is 0. The molecule has 0 N–H and O–H groups in total. The number of benzene rings is 3. The Bertz CT molecular complexity index is 2060. The molecule has 0 bridgehead atoms. The maximum absolute atomic E-state index is 13.7. The second-order valence-electron chi connectivity index (χ2n) is 10.6. The van der Waals surface area contributed by atoms with Crippen molar-refractivity contribution in [3.8, 4) is 34.5 Å². The van der Waals surface area contributed by atoms with E-state index in [0.29, 0.717) is 46.2 Å². The SMILES string of the molecule is Cc1ccccc1-c1nc2c3c(ncn2n1)Oc1c(c(=O)oc2ccccc12)C3C(C)Cc1ccc2c(c1)OCO2. The van der Waals surface area contributed by atoms with Crippen LogP contribution in [0.5, 0.6) is 23.1 Å². The van der Waals surface area contributed by atoms with Crippen LogP contribution >= 0.6 is 0 Å². The number of para-hydroxylation sites is 1. The highest BCUT2D eigenvalue weighted by Gasteiger charge is 2.39. The fourth-order valence-electron chi connectivity index (χ4n) is 6.03. The van der Waals surface area contributed by atoms with Crippen LogP contribution in [0.3, 0.4) is 0 Å². The van der Waals surface area contributed by atoms with Crippen molar-refractivity contribution >= 4 is 16.6 Å². The van der Waals surface area contributed by atoms with Crippen LogP contribution in [0, 0.1) is 12.8 Å². The first-order valence-corrected chi connectivity index (χ1v) is 13.5. The lowest BCUT2D eigenvalue weighted by Gasteiger charge is -2.31. The zero-order valence-corrected chi connectivity index (χ0v) is 22.3. The molecule has 0 spiro atoms. The first-order valence-electron chi connectivity index (χ1n) is 13.5. The molecular formula is C32H24N4O5. The number of nitrogens with zero attached hydrogens (tertiary/aromatic N) is 4. The maximum atomic E-state index is 13.7. The minimum Gasteiger partial charge on any atom is -0.454 e. The Morgan fingerprint density at radius 3 is 2.73 bits per heavy atom. The minimum atomic E-state index is -0.437. The average Bonchev–Trinajstić information content (AvgIpc) is 3.63. The number of ether oxygens (including phenoxy) is 3. The molecule has 0 saturated carbocycles. The van der Waals surface area contributed by atoms with Crippen LogP contribution < -0.4 is 19.8 Å². The lowest BCUT2D eigenvalue weighted by molar-refractivity contribution is 0.174. The van der Waals surface area contributed by atoms with Gasteiger partial charge in [0.25, 0.3) is 0 Å². The third-order valence-electron chi connectivity index (χ3n) is 7.96. The van der Waals surface area contributed by atoms with E-state index in [4.69, 9.17) is 28.7 Å². The van der Waals surface area contributed by atoms with Gasteiger partial charge >= 0.3 is 5.63 Å². The van der Waals surface area contributed by atoms with Crippen molar-refractivity contribution in [1.29, 1.82) is 0 Å². The van der Waals surface area contributed by atoms with Gasteiger partial charge in [-0.15, -0.1) is 5.10 Å². The third kappa shape index (κ3) is 3.69. The predicted octanol–water partition coefficient (Wildman–Crippen LogP) is 6.05. The van der Waals surface area contributed by atoms with Gasteiger partial charge in [0.1, 0.15) is 11.9 Å². The monoisotopic (exact) mass is 544 g/mol. The van der Waals surface area contributed by atoms with Crippen LogP contribution in [-0.2, 0) is 6.42 Å². The molecule has 6 aromatic rings. The summed E-state index contributed by atoms with van der Waals surface area (Å²) in [4.78, 5) is 23.3. The largest absolute Gasteiger partial charge is 0.454 e. The summed E-state index contributed by atoms with van der Waals surface area (Å²) in [6, 6.07) is 21.3. The lowest BCUT2D eigenvalue weighted by atomic mass is 9.78. The highest BCUT2D eigenvalue weighted by molar-refractivity contribution is 5.86. The summed E-state index contributed by atoms with van der Waals surface area (Å²) < 4.78 is 25.0. The standard InChI is InChI=1S/C32H24N4O5/c1-17-7-3-4-8-20(17)29-34-30-27-25(18(2)13-19-11-12-23-24(14-19)39-16-38-23)26-28(41-31(27)33-15-36(30)35-29)21-9-5-6-10-22(21)40-32(26)37/h3-12,14-15,18,25H,13,16H2,1-2H3. The Morgan fingerprint density at radius 1 is 1.00 bits per heavy atom. The highest BCUT2D eigenvalue weighted by atomic mass is 16.7. The van der Waals surface area contributed by atoms with Gasteiger partial charge in [0.15, 0.2) is 28.7 Å². The molecule has 2 unspecified atom stereocenters. The Balaban J connectivity index is 1.34. The maximum Gasteiger partial charge on any atom is 0.343 e. The topological polar surface area (TPSA) is 101 Å². The molecule has 41 heavy (non-hydrogen) atoms. The van der Waals surface area contributed by atoms with Crippen LogP contribution in [-0.4, -0.2) is 26.4 Å². The Kier molecular flexibility index (Phi) is 5.15. The van der Waals surface area contributed by atoms with Crippen LogP contribution in [0.1, 0.15) is 35.1 Å². The van der Waals surface area contributed by atoms with Gasteiger partial charge < -0.3 is 18.6 Å². The van der Waals surface area contributed by atoms with E-state index in [-0.39, 0.29) is 12.7 Å². The van der Waals surface area contributed by atoms with E-state index < -0.39 is 11.5 Å². The quantitative estimate of drug-likeness (QED) is 0.247. The first-order chi connectivity index (χ1) is 20.0. The van der Waals surface area contributed by atoms with Crippen molar-refractivity contribution in [2.24, 2.45) is 5.92 Å². The molecule has 0 aliphatic carbocycles. The molecule has 2 aliphatic rings. The molecule has 202 valence electrons. The Morgan fingerprint density at radius 2 is 1.83 bits per heavy atom. The van der Waals surface area contributed by atoms with Crippen molar-refractivity contribution in [3.05, 3.63) is 106 Å². The fourth-order valence-corrected chi connectivity index (χ4v) is 6.03. The van der Waals surface area contributed by atoms with E-state index in [1.54, 1.807) is 16.9 Å². The zero-order valence-electron chi connectivity index (χ0n) is 22.3. The number of rotatable bonds is 4. The van der Waals surface area contributed by atoms with Gasteiger partial charge in [-0.05, 0) is 54.7 Å². The second kappa shape index (κ2) is 8.92. The molecule has 3 aromatic heterocycles. The second-order valence-corrected chi connectivity index (χ2v) is 10.6. The number of hydrogen-bond donors (Lipinski definition) is 0. The fraction of sp³-hybridized carbons (Fsp3) is 0.188. The molecule has 0 saturated heterocycles. The first kappa shape index (κ1) is 23.7. The molecule has 2 atom stereocenters. The van der Waals surface area contributed by atoms with E-state index in [2.05, 4.69) is 11.9 Å². The summed E-state index contributed by atoms with van der Waals surface area (Å²) in [5.74, 6) is 2.41. The van der Waals surface area contributed by atoms with Gasteiger partial charge in [0, 0.05) is 11.5 Å².